The van der Waals surface area contributed by atoms with E-state index in [4.69, 9.17) is 19.9 Å². The molecule has 3 atom stereocenters. The molecule has 1 unspecified atom stereocenters. The van der Waals surface area contributed by atoms with Gasteiger partial charge in [-0.25, -0.2) is 9.59 Å². The molecule has 0 fully saturated rings. The molecular formula is C18H37N3O5. The van der Waals surface area contributed by atoms with Crippen LogP contribution in [0.3, 0.4) is 0 Å². The molecule has 0 aliphatic heterocycles. The quantitative estimate of drug-likeness (QED) is 0.600. The molecule has 0 aromatic rings. The topological polar surface area (TPSA) is 112 Å². The Kier molecular flexibility index (Phi) is 9.94. The molecule has 0 saturated carbocycles. The zero-order valence-corrected chi connectivity index (χ0v) is 17.5. The van der Waals surface area contributed by atoms with Gasteiger partial charge in [0, 0.05) is 19.7 Å². The van der Waals surface area contributed by atoms with Gasteiger partial charge < -0.3 is 30.6 Å². The summed E-state index contributed by atoms with van der Waals surface area (Å²) in [6, 6.07) is -0.200. The summed E-state index contributed by atoms with van der Waals surface area (Å²) < 4.78 is 15.9. The summed E-state index contributed by atoms with van der Waals surface area (Å²) in [5, 5.41) is 5.50. The van der Waals surface area contributed by atoms with Gasteiger partial charge in [-0.1, -0.05) is 0 Å². The van der Waals surface area contributed by atoms with Crippen LogP contribution in [-0.4, -0.2) is 55.7 Å². The minimum Gasteiger partial charge on any atom is -0.444 e. The lowest BCUT2D eigenvalue weighted by atomic mass is 9.94. The SMILES string of the molecule is COC(CNC(=O)OC(C)(C)C)C[C@@H](CN)[C@@H](C)NC(=O)OC(C)(C)C. The first-order valence-corrected chi connectivity index (χ1v) is 8.96. The number of rotatable bonds is 8. The first-order valence-electron chi connectivity index (χ1n) is 8.96. The number of amides is 2. The highest BCUT2D eigenvalue weighted by atomic mass is 16.6. The predicted molar refractivity (Wildman–Crippen MR) is 101 cm³/mol. The van der Waals surface area contributed by atoms with Gasteiger partial charge in [-0.2, -0.15) is 0 Å². The first kappa shape index (κ1) is 24.5. The maximum atomic E-state index is 11.9. The number of ether oxygens (including phenoxy) is 3. The smallest absolute Gasteiger partial charge is 0.407 e. The van der Waals surface area contributed by atoms with Gasteiger partial charge in [0.05, 0.1) is 6.10 Å². The molecule has 2 amide bonds. The summed E-state index contributed by atoms with van der Waals surface area (Å²) in [6.07, 6.45) is -0.660. The average Bonchev–Trinajstić information content (AvgIpc) is 2.43. The van der Waals surface area contributed by atoms with Gasteiger partial charge in [-0.15, -0.1) is 0 Å². The van der Waals surface area contributed by atoms with Crippen molar-refractivity contribution in [1.29, 1.82) is 0 Å². The molecule has 0 heterocycles. The average molecular weight is 376 g/mol. The summed E-state index contributed by atoms with van der Waals surface area (Å²) in [5.41, 5.74) is 4.74. The zero-order valence-electron chi connectivity index (χ0n) is 17.5. The third-order valence-corrected chi connectivity index (χ3v) is 3.53. The van der Waals surface area contributed by atoms with Crippen LogP contribution < -0.4 is 16.4 Å². The van der Waals surface area contributed by atoms with E-state index < -0.39 is 23.4 Å². The number of nitrogens with two attached hydrogens (primary N) is 1. The molecule has 0 aliphatic carbocycles. The fraction of sp³-hybridized carbons (Fsp3) is 0.889. The Bertz CT molecular complexity index is 443. The molecule has 154 valence electrons. The predicted octanol–water partition coefficient (Wildman–Crippen LogP) is 2.40. The number of carbonyl (C=O) groups excluding carboxylic acids is 2. The van der Waals surface area contributed by atoms with Gasteiger partial charge in [-0.05, 0) is 67.3 Å². The second kappa shape index (κ2) is 10.6. The second-order valence-corrected chi connectivity index (χ2v) is 8.41. The lowest BCUT2D eigenvalue weighted by Gasteiger charge is -2.29. The van der Waals surface area contributed by atoms with Crippen molar-refractivity contribution >= 4 is 12.2 Å². The van der Waals surface area contributed by atoms with Crippen LogP contribution in [0.5, 0.6) is 0 Å². The van der Waals surface area contributed by atoms with Crippen molar-refractivity contribution in [3.8, 4) is 0 Å². The van der Waals surface area contributed by atoms with E-state index >= 15 is 0 Å². The highest BCUT2D eigenvalue weighted by molar-refractivity contribution is 5.68. The number of nitrogens with one attached hydrogen (secondary N) is 2. The van der Waals surface area contributed by atoms with Gasteiger partial charge in [0.2, 0.25) is 0 Å². The fourth-order valence-electron chi connectivity index (χ4n) is 2.23. The third-order valence-electron chi connectivity index (χ3n) is 3.53. The van der Waals surface area contributed by atoms with Crippen molar-refractivity contribution in [3.05, 3.63) is 0 Å². The highest BCUT2D eigenvalue weighted by Gasteiger charge is 2.25. The third kappa shape index (κ3) is 11.9. The van der Waals surface area contributed by atoms with Crippen molar-refractivity contribution in [2.75, 3.05) is 20.2 Å². The Labute approximate surface area is 157 Å². The molecule has 8 heteroatoms. The van der Waals surface area contributed by atoms with Crippen molar-refractivity contribution in [2.45, 2.75) is 78.2 Å². The monoisotopic (exact) mass is 375 g/mol. The van der Waals surface area contributed by atoms with E-state index in [0.717, 1.165) is 0 Å². The molecule has 0 aromatic carbocycles. The maximum absolute atomic E-state index is 11.9. The van der Waals surface area contributed by atoms with E-state index in [1.165, 1.54) is 0 Å². The summed E-state index contributed by atoms with van der Waals surface area (Å²) in [4.78, 5) is 23.7. The van der Waals surface area contributed by atoms with Crippen molar-refractivity contribution in [2.24, 2.45) is 11.7 Å². The van der Waals surface area contributed by atoms with Gasteiger partial charge in [0.15, 0.2) is 0 Å². The van der Waals surface area contributed by atoms with Crippen LogP contribution in [-0.2, 0) is 14.2 Å². The normalized spacial score (nSPS) is 15.6. The van der Waals surface area contributed by atoms with E-state index in [0.29, 0.717) is 19.5 Å². The molecule has 0 aliphatic rings. The largest absolute Gasteiger partial charge is 0.444 e. The van der Waals surface area contributed by atoms with Crippen molar-refractivity contribution in [3.63, 3.8) is 0 Å². The zero-order chi connectivity index (χ0) is 20.5. The number of hydrogen-bond acceptors (Lipinski definition) is 6. The summed E-state index contributed by atoms with van der Waals surface area (Å²) in [5.74, 6) is -0.0343. The van der Waals surface area contributed by atoms with Crippen LogP contribution >= 0.6 is 0 Å². The lowest BCUT2D eigenvalue weighted by molar-refractivity contribution is 0.0393. The van der Waals surface area contributed by atoms with E-state index in [-0.39, 0.29) is 18.1 Å². The summed E-state index contributed by atoms with van der Waals surface area (Å²) in [6.45, 7) is 13.3. The number of methoxy groups -OCH3 is 1. The van der Waals surface area contributed by atoms with Gasteiger partial charge in [0.25, 0.3) is 0 Å². The molecular weight excluding hydrogens is 338 g/mol. The molecule has 0 spiro atoms. The second-order valence-electron chi connectivity index (χ2n) is 8.41. The lowest BCUT2D eigenvalue weighted by Crippen LogP contribution is -2.45. The van der Waals surface area contributed by atoms with E-state index in [1.807, 2.05) is 6.92 Å². The van der Waals surface area contributed by atoms with Crippen LogP contribution in [0.25, 0.3) is 0 Å². The van der Waals surface area contributed by atoms with E-state index in [9.17, 15) is 9.59 Å². The number of hydrogen-bond donors (Lipinski definition) is 3. The van der Waals surface area contributed by atoms with Crippen LogP contribution in [0.2, 0.25) is 0 Å². The Balaban J connectivity index is 4.55. The number of carbonyl (C=O) groups is 2. The Hall–Kier alpha value is -1.54. The first-order chi connectivity index (χ1) is 11.8. The molecule has 4 N–H and O–H groups in total. The summed E-state index contributed by atoms with van der Waals surface area (Å²) in [7, 11) is 1.57. The van der Waals surface area contributed by atoms with Crippen LogP contribution in [0, 0.1) is 5.92 Å². The minimum atomic E-state index is -0.561. The Morgan fingerprint density at radius 1 is 1.00 bits per heavy atom. The molecule has 0 saturated heterocycles. The molecule has 26 heavy (non-hydrogen) atoms. The van der Waals surface area contributed by atoms with Gasteiger partial charge >= 0.3 is 12.2 Å². The molecule has 0 aromatic heterocycles. The van der Waals surface area contributed by atoms with Crippen molar-refractivity contribution in [1.82, 2.24) is 10.6 Å². The standard InChI is InChI=1S/C18H37N3O5/c1-12(21-16(23)26-18(5,6)7)13(10-19)9-14(24-8)11-20-15(22)25-17(2,3)4/h12-14H,9-11,19H2,1-8H3,(H,20,22)(H,21,23)/t12-,13+,14?/m1/s1. The fourth-order valence-corrected chi connectivity index (χ4v) is 2.23. The van der Waals surface area contributed by atoms with Crippen LogP contribution in [0.4, 0.5) is 9.59 Å². The highest BCUT2D eigenvalue weighted by Crippen LogP contribution is 2.14. The molecule has 0 radical (unpaired) electrons. The number of alkyl carbamates (subject to hydrolysis) is 2. The van der Waals surface area contributed by atoms with Gasteiger partial charge in [0.1, 0.15) is 11.2 Å². The van der Waals surface area contributed by atoms with E-state index in [2.05, 4.69) is 10.6 Å². The summed E-state index contributed by atoms with van der Waals surface area (Å²) >= 11 is 0. The maximum Gasteiger partial charge on any atom is 0.407 e. The van der Waals surface area contributed by atoms with Crippen LogP contribution in [0.1, 0.15) is 54.9 Å². The molecule has 0 rings (SSSR count). The minimum absolute atomic E-state index is 0.0343. The Morgan fingerprint density at radius 2 is 1.50 bits per heavy atom. The van der Waals surface area contributed by atoms with E-state index in [1.54, 1.807) is 48.7 Å². The van der Waals surface area contributed by atoms with Crippen molar-refractivity contribution < 1.29 is 23.8 Å². The Morgan fingerprint density at radius 3 is 1.92 bits per heavy atom. The van der Waals surface area contributed by atoms with Gasteiger partial charge in [-0.3, -0.25) is 0 Å². The molecule has 8 nitrogen and oxygen atoms in total. The van der Waals surface area contributed by atoms with Crippen LogP contribution in [0.15, 0.2) is 0 Å². The molecule has 0 bridgehead atoms.